The monoisotopic (exact) mass is 184 g/mol. The van der Waals surface area contributed by atoms with Gasteiger partial charge in [-0.2, -0.15) is 0 Å². The molecule has 13 heavy (non-hydrogen) atoms. The molecule has 0 amide bonds. The molecule has 1 heterocycles. The summed E-state index contributed by atoms with van der Waals surface area (Å²) in [6, 6.07) is 0. The Morgan fingerprint density at radius 3 is 3.00 bits per heavy atom. The van der Waals surface area contributed by atoms with E-state index < -0.39 is 6.10 Å². The molecular formula is C9H16N2O2. The Morgan fingerprint density at radius 2 is 2.46 bits per heavy atom. The maximum atomic E-state index is 9.61. The molecule has 0 aliphatic carbocycles. The minimum absolute atomic E-state index is 0.318. The first kappa shape index (κ1) is 10.2. The van der Waals surface area contributed by atoms with E-state index in [4.69, 9.17) is 4.74 Å². The third kappa shape index (κ3) is 2.82. The van der Waals surface area contributed by atoms with Gasteiger partial charge in [-0.25, -0.2) is 4.98 Å². The largest absolute Gasteiger partial charge is 0.383 e. The summed E-state index contributed by atoms with van der Waals surface area (Å²) in [6.07, 6.45) is 3.82. The third-order valence-corrected chi connectivity index (χ3v) is 1.78. The molecule has 1 rings (SSSR count). The average Bonchev–Trinajstić information content (AvgIpc) is 2.52. The lowest BCUT2D eigenvalue weighted by molar-refractivity contribution is 0.0306. The van der Waals surface area contributed by atoms with Gasteiger partial charge in [0.05, 0.1) is 6.61 Å². The topological polar surface area (TPSA) is 47.3 Å². The molecule has 1 atom stereocenters. The van der Waals surface area contributed by atoms with Crippen LogP contribution in [0.1, 0.15) is 25.3 Å². The molecule has 74 valence electrons. The summed E-state index contributed by atoms with van der Waals surface area (Å²) in [4.78, 5) is 4.03. The second-order valence-electron chi connectivity index (χ2n) is 2.99. The van der Waals surface area contributed by atoms with Crippen LogP contribution in [0.5, 0.6) is 0 Å². The lowest BCUT2D eigenvalue weighted by Gasteiger charge is -2.10. The number of nitrogens with zero attached hydrogens (tertiary/aromatic N) is 2. The molecule has 1 N–H and O–H groups in total. The van der Waals surface area contributed by atoms with Gasteiger partial charge in [0.15, 0.2) is 0 Å². The van der Waals surface area contributed by atoms with E-state index in [0.717, 1.165) is 6.42 Å². The summed E-state index contributed by atoms with van der Waals surface area (Å²) < 4.78 is 7.01. The summed E-state index contributed by atoms with van der Waals surface area (Å²) in [5.41, 5.74) is 0. The van der Waals surface area contributed by atoms with Crippen LogP contribution in [0, 0.1) is 0 Å². The van der Waals surface area contributed by atoms with Crippen molar-refractivity contribution in [2.45, 2.75) is 19.4 Å². The fourth-order valence-corrected chi connectivity index (χ4v) is 1.11. The van der Waals surface area contributed by atoms with Crippen molar-refractivity contribution in [3.05, 3.63) is 18.2 Å². The van der Waals surface area contributed by atoms with Gasteiger partial charge in [-0.05, 0) is 6.42 Å². The van der Waals surface area contributed by atoms with Gasteiger partial charge < -0.3 is 14.4 Å². The zero-order chi connectivity index (χ0) is 9.68. The molecule has 0 saturated carbocycles. The highest BCUT2D eigenvalue weighted by Crippen LogP contribution is 2.09. The van der Waals surface area contributed by atoms with Gasteiger partial charge in [0.1, 0.15) is 11.9 Å². The molecule has 0 bridgehead atoms. The van der Waals surface area contributed by atoms with Crippen molar-refractivity contribution >= 4 is 0 Å². The standard InChI is InChI=1S/C9H16N2O2/c1-3-6-13-7-8(12)9-10-4-5-11(9)2/h4-5,8,12H,3,6-7H2,1-2H3. The number of imidazole rings is 1. The lowest BCUT2D eigenvalue weighted by atomic mass is 10.3. The summed E-state index contributed by atoms with van der Waals surface area (Å²) >= 11 is 0. The smallest absolute Gasteiger partial charge is 0.139 e. The van der Waals surface area contributed by atoms with Crippen molar-refractivity contribution in [3.8, 4) is 0 Å². The summed E-state index contributed by atoms with van der Waals surface area (Å²) in [5, 5.41) is 9.61. The number of aromatic nitrogens is 2. The van der Waals surface area contributed by atoms with Gasteiger partial charge in [0, 0.05) is 26.0 Å². The zero-order valence-corrected chi connectivity index (χ0v) is 8.10. The molecule has 0 saturated heterocycles. The molecule has 0 fully saturated rings. The van der Waals surface area contributed by atoms with Crippen LogP contribution in [0.3, 0.4) is 0 Å². The molecule has 0 aromatic carbocycles. The average molecular weight is 184 g/mol. The Morgan fingerprint density at radius 1 is 1.69 bits per heavy atom. The van der Waals surface area contributed by atoms with Crippen LogP contribution in [-0.4, -0.2) is 27.9 Å². The van der Waals surface area contributed by atoms with Crippen LogP contribution < -0.4 is 0 Å². The van der Waals surface area contributed by atoms with Crippen molar-refractivity contribution in [2.75, 3.05) is 13.2 Å². The number of aliphatic hydroxyl groups is 1. The Bertz CT molecular complexity index is 248. The van der Waals surface area contributed by atoms with Gasteiger partial charge in [0.2, 0.25) is 0 Å². The van der Waals surface area contributed by atoms with E-state index in [1.165, 1.54) is 0 Å². The van der Waals surface area contributed by atoms with Crippen LogP contribution in [0.2, 0.25) is 0 Å². The fourth-order valence-electron chi connectivity index (χ4n) is 1.11. The highest BCUT2D eigenvalue weighted by atomic mass is 16.5. The van der Waals surface area contributed by atoms with Crippen LogP contribution in [-0.2, 0) is 11.8 Å². The summed E-state index contributed by atoms with van der Waals surface area (Å²) in [5.74, 6) is 0.649. The Balaban J connectivity index is 2.39. The highest BCUT2D eigenvalue weighted by molar-refractivity contribution is 4.95. The predicted molar refractivity (Wildman–Crippen MR) is 49.3 cm³/mol. The molecule has 0 radical (unpaired) electrons. The Hall–Kier alpha value is -0.870. The van der Waals surface area contributed by atoms with Crippen molar-refractivity contribution in [1.82, 2.24) is 9.55 Å². The van der Waals surface area contributed by atoms with E-state index in [9.17, 15) is 5.11 Å². The van der Waals surface area contributed by atoms with E-state index in [0.29, 0.717) is 19.0 Å². The summed E-state index contributed by atoms with van der Waals surface area (Å²) in [7, 11) is 1.85. The SMILES string of the molecule is CCCOCC(O)c1nccn1C. The minimum Gasteiger partial charge on any atom is -0.383 e. The Labute approximate surface area is 78.2 Å². The van der Waals surface area contributed by atoms with Crippen LogP contribution in [0.4, 0.5) is 0 Å². The van der Waals surface area contributed by atoms with Crippen molar-refractivity contribution in [1.29, 1.82) is 0 Å². The molecule has 0 aliphatic rings. The number of rotatable bonds is 5. The van der Waals surface area contributed by atoms with E-state index in [1.54, 1.807) is 17.0 Å². The first-order valence-corrected chi connectivity index (χ1v) is 4.48. The van der Waals surface area contributed by atoms with E-state index in [2.05, 4.69) is 4.98 Å². The molecular weight excluding hydrogens is 168 g/mol. The quantitative estimate of drug-likeness (QED) is 0.691. The second kappa shape index (κ2) is 4.99. The van der Waals surface area contributed by atoms with Crippen molar-refractivity contribution in [2.24, 2.45) is 7.05 Å². The summed E-state index contributed by atoms with van der Waals surface area (Å²) in [6.45, 7) is 3.04. The van der Waals surface area contributed by atoms with E-state index in [-0.39, 0.29) is 0 Å². The number of ether oxygens (including phenoxy) is 1. The van der Waals surface area contributed by atoms with Gasteiger partial charge in [-0.3, -0.25) is 0 Å². The minimum atomic E-state index is -0.619. The molecule has 4 nitrogen and oxygen atoms in total. The maximum absolute atomic E-state index is 9.61. The van der Waals surface area contributed by atoms with Crippen LogP contribution >= 0.6 is 0 Å². The van der Waals surface area contributed by atoms with Crippen molar-refractivity contribution < 1.29 is 9.84 Å². The first-order chi connectivity index (χ1) is 6.25. The molecule has 0 spiro atoms. The van der Waals surface area contributed by atoms with E-state index >= 15 is 0 Å². The zero-order valence-electron chi connectivity index (χ0n) is 8.10. The van der Waals surface area contributed by atoms with Gasteiger partial charge in [-0.15, -0.1) is 0 Å². The van der Waals surface area contributed by atoms with Crippen molar-refractivity contribution in [3.63, 3.8) is 0 Å². The number of aliphatic hydroxyl groups excluding tert-OH is 1. The van der Waals surface area contributed by atoms with E-state index in [1.807, 2.05) is 14.0 Å². The second-order valence-corrected chi connectivity index (χ2v) is 2.99. The van der Waals surface area contributed by atoms with Crippen LogP contribution in [0.25, 0.3) is 0 Å². The highest BCUT2D eigenvalue weighted by Gasteiger charge is 2.11. The normalized spacial score (nSPS) is 13.2. The molecule has 1 aromatic rings. The maximum Gasteiger partial charge on any atom is 0.139 e. The molecule has 1 aromatic heterocycles. The first-order valence-electron chi connectivity index (χ1n) is 4.48. The van der Waals surface area contributed by atoms with Gasteiger partial charge >= 0.3 is 0 Å². The van der Waals surface area contributed by atoms with Crippen LogP contribution in [0.15, 0.2) is 12.4 Å². The number of hydrogen-bond acceptors (Lipinski definition) is 3. The molecule has 0 aliphatic heterocycles. The Kier molecular flexibility index (Phi) is 3.92. The third-order valence-electron chi connectivity index (χ3n) is 1.78. The lowest BCUT2D eigenvalue weighted by Crippen LogP contribution is -2.12. The van der Waals surface area contributed by atoms with Gasteiger partial charge in [0.25, 0.3) is 0 Å². The number of aryl methyl sites for hydroxylation is 1. The van der Waals surface area contributed by atoms with Gasteiger partial charge in [-0.1, -0.05) is 6.92 Å². The fraction of sp³-hybridized carbons (Fsp3) is 0.667. The molecule has 1 unspecified atom stereocenters. The molecule has 4 heteroatoms. The predicted octanol–water partition coefficient (Wildman–Crippen LogP) is 0.880. The number of hydrogen-bond donors (Lipinski definition) is 1.